The SMILES string of the molecule is COc1cc(/C=C2\SC(=S)N(c3ccc(Cl)c(C(F)(F)F)c3)C2=O)cc(OC)c1OC. The van der Waals surface area contributed by atoms with Gasteiger partial charge in [0.25, 0.3) is 5.91 Å². The first-order chi connectivity index (χ1) is 14.6. The molecular weight excluding hydrogens is 475 g/mol. The van der Waals surface area contributed by atoms with Gasteiger partial charge in [0.15, 0.2) is 15.8 Å². The normalized spacial score (nSPS) is 15.6. The van der Waals surface area contributed by atoms with Crippen molar-refractivity contribution in [2.45, 2.75) is 6.18 Å². The minimum atomic E-state index is -4.67. The molecule has 1 saturated heterocycles. The van der Waals surface area contributed by atoms with Crippen LogP contribution in [-0.4, -0.2) is 31.6 Å². The molecule has 0 saturated carbocycles. The van der Waals surface area contributed by atoms with Crippen LogP contribution >= 0.6 is 35.6 Å². The van der Waals surface area contributed by atoms with E-state index in [1.165, 1.54) is 27.4 Å². The van der Waals surface area contributed by atoms with Crippen LogP contribution in [0.5, 0.6) is 17.2 Å². The standard InChI is InChI=1S/C20H15ClF3NO4S2/c1-27-14-6-10(7-15(28-2)17(14)29-3)8-16-18(26)25(19(30)31-16)11-4-5-13(21)12(9-11)20(22,23)24/h4-9H,1-3H3/b16-8-. The lowest BCUT2D eigenvalue weighted by atomic mass is 10.1. The average Bonchev–Trinajstić information content (AvgIpc) is 2.99. The number of rotatable bonds is 5. The summed E-state index contributed by atoms with van der Waals surface area (Å²) in [6.45, 7) is 0. The maximum Gasteiger partial charge on any atom is 0.417 e. The van der Waals surface area contributed by atoms with Crippen LogP contribution in [0.25, 0.3) is 6.08 Å². The fourth-order valence-electron chi connectivity index (χ4n) is 2.90. The smallest absolute Gasteiger partial charge is 0.417 e. The molecule has 5 nitrogen and oxygen atoms in total. The summed E-state index contributed by atoms with van der Waals surface area (Å²) in [5.41, 5.74) is -0.510. The molecule has 0 radical (unpaired) electrons. The molecule has 0 atom stereocenters. The number of hydrogen-bond acceptors (Lipinski definition) is 6. The van der Waals surface area contributed by atoms with Crippen LogP contribution < -0.4 is 19.1 Å². The largest absolute Gasteiger partial charge is 0.493 e. The Hall–Kier alpha value is -2.43. The fraction of sp³-hybridized carbons (Fsp3) is 0.200. The van der Waals surface area contributed by atoms with Crippen LogP contribution in [0.3, 0.4) is 0 Å². The van der Waals surface area contributed by atoms with Gasteiger partial charge in [-0.05, 0) is 42.0 Å². The first-order valence-electron chi connectivity index (χ1n) is 8.55. The van der Waals surface area contributed by atoms with Gasteiger partial charge < -0.3 is 14.2 Å². The van der Waals surface area contributed by atoms with Gasteiger partial charge in [0, 0.05) is 0 Å². The van der Waals surface area contributed by atoms with Crippen molar-refractivity contribution in [1.29, 1.82) is 0 Å². The van der Waals surface area contributed by atoms with Gasteiger partial charge >= 0.3 is 6.18 Å². The van der Waals surface area contributed by atoms with Crippen molar-refractivity contribution in [2.75, 3.05) is 26.2 Å². The van der Waals surface area contributed by atoms with E-state index in [1.54, 1.807) is 18.2 Å². The minimum absolute atomic E-state index is 0.0208. The molecule has 1 aliphatic rings. The van der Waals surface area contributed by atoms with E-state index >= 15 is 0 Å². The number of thiocarbonyl (C=S) groups is 1. The average molecular weight is 490 g/mol. The number of anilines is 1. The van der Waals surface area contributed by atoms with Gasteiger partial charge in [-0.25, -0.2) is 0 Å². The third kappa shape index (κ3) is 4.60. The second kappa shape index (κ2) is 8.97. The predicted octanol–water partition coefficient (Wildman–Crippen LogP) is 5.79. The van der Waals surface area contributed by atoms with E-state index in [2.05, 4.69) is 0 Å². The lowest BCUT2D eigenvalue weighted by Crippen LogP contribution is -2.27. The van der Waals surface area contributed by atoms with Gasteiger partial charge in [0.1, 0.15) is 0 Å². The summed E-state index contributed by atoms with van der Waals surface area (Å²) < 4.78 is 55.6. The molecule has 2 aromatic carbocycles. The van der Waals surface area contributed by atoms with Crippen LogP contribution in [-0.2, 0) is 11.0 Å². The van der Waals surface area contributed by atoms with Crippen LogP contribution in [0.4, 0.5) is 18.9 Å². The van der Waals surface area contributed by atoms with E-state index in [1.807, 2.05) is 0 Å². The van der Waals surface area contributed by atoms with Crippen LogP contribution in [0.2, 0.25) is 5.02 Å². The Labute approximate surface area is 190 Å². The van der Waals surface area contributed by atoms with Crippen molar-refractivity contribution in [1.82, 2.24) is 0 Å². The molecule has 0 spiro atoms. The molecule has 1 fully saturated rings. The number of methoxy groups -OCH3 is 3. The number of hydrogen-bond donors (Lipinski definition) is 0. The summed E-state index contributed by atoms with van der Waals surface area (Å²) in [6, 6.07) is 6.47. The lowest BCUT2D eigenvalue weighted by Gasteiger charge is -2.17. The number of nitrogens with zero attached hydrogens (tertiary/aromatic N) is 1. The Kier molecular flexibility index (Phi) is 6.73. The van der Waals surface area contributed by atoms with Gasteiger partial charge in [-0.1, -0.05) is 35.6 Å². The Morgan fingerprint density at radius 1 is 1.06 bits per heavy atom. The quantitative estimate of drug-likeness (QED) is 0.391. The predicted molar refractivity (Wildman–Crippen MR) is 118 cm³/mol. The molecule has 0 aliphatic carbocycles. The maximum atomic E-state index is 13.2. The third-order valence-electron chi connectivity index (χ3n) is 4.29. The molecule has 164 valence electrons. The van der Waals surface area contributed by atoms with Crippen LogP contribution in [0, 0.1) is 0 Å². The molecule has 2 aromatic rings. The second-order valence-corrected chi connectivity index (χ2v) is 8.22. The van der Waals surface area contributed by atoms with E-state index in [-0.39, 0.29) is 14.9 Å². The molecule has 1 heterocycles. The highest BCUT2D eigenvalue weighted by molar-refractivity contribution is 8.27. The zero-order valence-electron chi connectivity index (χ0n) is 16.4. The van der Waals surface area contributed by atoms with E-state index in [9.17, 15) is 18.0 Å². The van der Waals surface area contributed by atoms with Crippen molar-refractivity contribution in [3.05, 3.63) is 51.4 Å². The number of benzene rings is 2. The number of alkyl halides is 3. The van der Waals surface area contributed by atoms with Crippen LogP contribution in [0.1, 0.15) is 11.1 Å². The molecular formula is C20H15ClF3NO4S2. The molecule has 11 heteroatoms. The zero-order valence-corrected chi connectivity index (χ0v) is 18.8. The summed E-state index contributed by atoms with van der Waals surface area (Å²) in [7, 11) is 4.38. The van der Waals surface area contributed by atoms with Crippen molar-refractivity contribution in [2.24, 2.45) is 0 Å². The third-order valence-corrected chi connectivity index (χ3v) is 5.92. The lowest BCUT2D eigenvalue weighted by molar-refractivity contribution is -0.137. The van der Waals surface area contributed by atoms with Crippen molar-refractivity contribution >= 4 is 57.6 Å². The molecule has 31 heavy (non-hydrogen) atoms. The highest BCUT2D eigenvalue weighted by Gasteiger charge is 2.37. The number of thioether (sulfide) groups is 1. The Balaban J connectivity index is 2.00. The monoisotopic (exact) mass is 489 g/mol. The first kappa shape index (κ1) is 23.2. The number of amides is 1. The molecule has 1 aliphatic heterocycles. The number of carbonyl (C=O) groups is 1. The molecule has 0 unspecified atom stereocenters. The van der Waals surface area contributed by atoms with Crippen LogP contribution in [0.15, 0.2) is 35.2 Å². The van der Waals surface area contributed by atoms with E-state index in [0.29, 0.717) is 22.8 Å². The molecule has 0 aromatic heterocycles. The van der Waals surface area contributed by atoms with Gasteiger partial charge in [-0.3, -0.25) is 9.69 Å². The summed E-state index contributed by atoms with van der Waals surface area (Å²) in [6.07, 6.45) is -3.12. The topological polar surface area (TPSA) is 48.0 Å². The number of ether oxygens (including phenoxy) is 3. The van der Waals surface area contributed by atoms with Crippen molar-refractivity contribution in [3.63, 3.8) is 0 Å². The molecule has 0 bridgehead atoms. The minimum Gasteiger partial charge on any atom is -0.493 e. The van der Waals surface area contributed by atoms with E-state index in [4.69, 9.17) is 38.0 Å². The van der Waals surface area contributed by atoms with Crippen molar-refractivity contribution < 1.29 is 32.2 Å². The van der Waals surface area contributed by atoms with E-state index < -0.39 is 22.7 Å². The Bertz CT molecular complexity index is 1060. The van der Waals surface area contributed by atoms with Gasteiger partial charge in [-0.15, -0.1) is 0 Å². The van der Waals surface area contributed by atoms with E-state index in [0.717, 1.165) is 28.8 Å². The maximum absolute atomic E-state index is 13.2. The first-order valence-corrected chi connectivity index (χ1v) is 10.2. The van der Waals surface area contributed by atoms with Gasteiger partial charge in [0.05, 0.1) is 42.5 Å². The van der Waals surface area contributed by atoms with Gasteiger partial charge in [-0.2, -0.15) is 13.2 Å². The highest BCUT2D eigenvalue weighted by Crippen LogP contribution is 2.42. The molecule has 3 rings (SSSR count). The summed E-state index contributed by atoms with van der Waals surface area (Å²) in [4.78, 5) is 14.2. The number of carbonyl (C=O) groups excluding carboxylic acids is 1. The fourth-order valence-corrected chi connectivity index (χ4v) is 4.42. The molecule has 1 amide bonds. The second-order valence-electron chi connectivity index (χ2n) is 6.14. The van der Waals surface area contributed by atoms with Gasteiger partial charge in [0.2, 0.25) is 5.75 Å². The summed E-state index contributed by atoms with van der Waals surface area (Å²) in [5, 5.41) is -0.463. The highest BCUT2D eigenvalue weighted by atomic mass is 35.5. The Morgan fingerprint density at radius 2 is 1.68 bits per heavy atom. The number of halogens is 4. The summed E-state index contributed by atoms with van der Waals surface area (Å²) in [5.74, 6) is 0.599. The zero-order chi connectivity index (χ0) is 22.9. The summed E-state index contributed by atoms with van der Waals surface area (Å²) >= 11 is 11.9. The molecule has 0 N–H and O–H groups in total. The Morgan fingerprint density at radius 3 is 2.19 bits per heavy atom. The van der Waals surface area contributed by atoms with Crippen molar-refractivity contribution in [3.8, 4) is 17.2 Å².